The lowest BCUT2D eigenvalue weighted by Crippen LogP contribution is -2.43. The van der Waals surface area contributed by atoms with Gasteiger partial charge in [0.15, 0.2) is 0 Å². The number of pyridine rings is 1. The van der Waals surface area contributed by atoms with E-state index in [1.807, 2.05) is 18.5 Å². The van der Waals surface area contributed by atoms with Crippen LogP contribution in [-0.2, 0) is 16.0 Å². The number of hydrogen-bond donors (Lipinski definition) is 0. The van der Waals surface area contributed by atoms with E-state index < -0.39 is 0 Å². The van der Waals surface area contributed by atoms with E-state index in [0.29, 0.717) is 6.10 Å². The van der Waals surface area contributed by atoms with Gasteiger partial charge in [0, 0.05) is 45.1 Å². The van der Waals surface area contributed by atoms with E-state index in [1.165, 1.54) is 5.56 Å². The largest absolute Gasteiger partial charge is 0.376 e. The summed E-state index contributed by atoms with van der Waals surface area (Å²) in [6, 6.07) is 4.15. The van der Waals surface area contributed by atoms with Gasteiger partial charge in [-0.05, 0) is 31.4 Å². The molecule has 4 nitrogen and oxygen atoms in total. The van der Waals surface area contributed by atoms with Crippen LogP contribution in [0.5, 0.6) is 0 Å². The van der Waals surface area contributed by atoms with E-state index in [2.05, 4.69) is 22.9 Å². The fourth-order valence-corrected chi connectivity index (χ4v) is 3.36. The molecule has 2 saturated heterocycles. The van der Waals surface area contributed by atoms with E-state index in [9.17, 15) is 0 Å². The molecule has 4 heteroatoms. The molecular weight excluding hydrogens is 252 g/mol. The van der Waals surface area contributed by atoms with Crippen molar-refractivity contribution in [3.8, 4) is 0 Å². The maximum absolute atomic E-state index is 6.08. The summed E-state index contributed by atoms with van der Waals surface area (Å²) in [5.41, 5.74) is 1.38. The van der Waals surface area contributed by atoms with Crippen molar-refractivity contribution >= 4 is 0 Å². The van der Waals surface area contributed by atoms with Gasteiger partial charge in [-0.2, -0.15) is 0 Å². The van der Waals surface area contributed by atoms with Crippen LogP contribution in [0.2, 0.25) is 0 Å². The Kier molecular flexibility index (Phi) is 4.34. The summed E-state index contributed by atoms with van der Waals surface area (Å²) in [5, 5.41) is 0. The zero-order chi connectivity index (χ0) is 13.8. The highest BCUT2D eigenvalue weighted by molar-refractivity contribution is 5.08. The Morgan fingerprint density at radius 3 is 3.00 bits per heavy atom. The van der Waals surface area contributed by atoms with Crippen LogP contribution in [0, 0.1) is 0 Å². The highest BCUT2D eigenvalue weighted by Crippen LogP contribution is 2.37. The van der Waals surface area contributed by atoms with Crippen LogP contribution < -0.4 is 0 Å². The Balaban J connectivity index is 1.50. The van der Waals surface area contributed by atoms with Gasteiger partial charge in [-0.3, -0.25) is 9.88 Å². The van der Waals surface area contributed by atoms with Crippen LogP contribution in [0.3, 0.4) is 0 Å². The Morgan fingerprint density at radius 1 is 1.45 bits per heavy atom. The van der Waals surface area contributed by atoms with E-state index in [4.69, 9.17) is 9.47 Å². The number of nitrogens with zero attached hydrogens (tertiary/aromatic N) is 2. The van der Waals surface area contributed by atoms with Crippen LogP contribution >= 0.6 is 0 Å². The Labute approximate surface area is 121 Å². The van der Waals surface area contributed by atoms with Crippen LogP contribution in [-0.4, -0.2) is 47.9 Å². The minimum atomic E-state index is 0.0886. The summed E-state index contributed by atoms with van der Waals surface area (Å²) in [6.07, 6.45) is 7.41. The van der Waals surface area contributed by atoms with Crippen LogP contribution in [0.1, 0.15) is 31.7 Å². The highest BCUT2D eigenvalue weighted by Gasteiger charge is 2.42. The van der Waals surface area contributed by atoms with Crippen LogP contribution in [0.4, 0.5) is 0 Å². The van der Waals surface area contributed by atoms with Gasteiger partial charge in [0.05, 0.1) is 18.3 Å². The van der Waals surface area contributed by atoms with Gasteiger partial charge in [-0.25, -0.2) is 0 Å². The lowest BCUT2D eigenvalue weighted by Gasteiger charge is -2.38. The van der Waals surface area contributed by atoms with Crippen molar-refractivity contribution in [3.05, 3.63) is 30.1 Å². The Hall–Kier alpha value is -0.970. The molecule has 0 aromatic carbocycles. The van der Waals surface area contributed by atoms with Gasteiger partial charge in [-0.1, -0.05) is 6.07 Å². The SMILES string of the molecule is CCO[C@H]1COC2(CCN(Cc3cccnc3)CC2)C1. The topological polar surface area (TPSA) is 34.6 Å². The zero-order valence-electron chi connectivity index (χ0n) is 12.3. The summed E-state index contributed by atoms with van der Waals surface area (Å²) in [5.74, 6) is 0. The van der Waals surface area contributed by atoms with Crippen molar-refractivity contribution in [1.29, 1.82) is 0 Å². The molecule has 0 saturated carbocycles. The molecule has 2 fully saturated rings. The van der Waals surface area contributed by atoms with Crippen LogP contribution in [0.15, 0.2) is 24.5 Å². The first-order valence-electron chi connectivity index (χ1n) is 7.66. The van der Waals surface area contributed by atoms with Crippen molar-refractivity contribution in [2.24, 2.45) is 0 Å². The molecule has 1 aromatic heterocycles. The third-order valence-electron chi connectivity index (χ3n) is 4.47. The first kappa shape index (κ1) is 14.0. The fourth-order valence-electron chi connectivity index (χ4n) is 3.36. The summed E-state index contributed by atoms with van der Waals surface area (Å²) in [6.45, 7) is 6.83. The maximum atomic E-state index is 6.08. The molecule has 2 aliphatic heterocycles. The molecule has 110 valence electrons. The molecule has 1 atom stereocenters. The number of piperidine rings is 1. The third kappa shape index (κ3) is 3.19. The number of likely N-dealkylation sites (tertiary alicyclic amines) is 1. The lowest BCUT2D eigenvalue weighted by atomic mass is 9.88. The lowest BCUT2D eigenvalue weighted by molar-refractivity contribution is -0.0464. The van der Waals surface area contributed by atoms with Crippen molar-refractivity contribution in [2.45, 2.75) is 44.4 Å². The van der Waals surface area contributed by atoms with Gasteiger partial charge in [-0.15, -0.1) is 0 Å². The maximum Gasteiger partial charge on any atom is 0.0836 e. The van der Waals surface area contributed by atoms with Crippen molar-refractivity contribution < 1.29 is 9.47 Å². The van der Waals surface area contributed by atoms with Gasteiger partial charge in [0.2, 0.25) is 0 Å². The monoisotopic (exact) mass is 276 g/mol. The Bertz CT molecular complexity index is 416. The summed E-state index contributed by atoms with van der Waals surface area (Å²) in [4.78, 5) is 6.68. The molecule has 0 amide bonds. The van der Waals surface area contributed by atoms with E-state index in [1.54, 1.807) is 0 Å². The molecule has 0 aliphatic carbocycles. The third-order valence-corrected chi connectivity index (χ3v) is 4.47. The predicted molar refractivity (Wildman–Crippen MR) is 77.5 cm³/mol. The van der Waals surface area contributed by atoms with Crippen molar-refractivity contribution in [1.82, 2.24) is 9.88 Å². The minimum Gasteiger partial charge on any atom is -0.376 e. The molecule has 1 spiro atoms. The molecule has 3 rings (SSSR count). The second-order valence-electron chi connectivity index (χ2n) is 5.91. The van der Waals surface area contributed by atoms with Crippen molar-refractivity contribution in [2.75, 3.05) is 26.3 Å². The first-order chi connectivity index (χ1) is 9.80. The molecule has 3 heterocycles. The quantitative estimate of drug-likeness (QED) is 0.845. The number of aromatic nitrogens is 1. The Morgan fingerprint density at radius 2 is 2.30 bits per heavy atom. The molecule has 0 bridgehead atoms. The van der Waals surface area contributed by atoms with Crippen molar-refractivity contribution in [3.63, 3.8) is 0 Å². The molecular formula is C16H24N2O2. The molecule has 0 unspecified atom stereocenters. The number of rotatable bonds is 4. The first-order valence-corrected chi connectivity index (χ1v) is 7.66. The smallest absolute Gasteiger partial charge is 0.0836 e. The van der Waals surface area contributed by atoms with Gasteiger partial charge in [0.1, 0.15) is 0 Å². The van der Waals surface area contributed by atoms with Gasteiger partial charge >= 0.3 is 0 Å². The predicted octanol–water partition coefficient (Wildman–Crippen LogP) is 2.24. The second kappa shape index (κ2) is 6.20. The van der Waals surface area contributed by atoms with Gasteiger partial charge in [0.25, 0.3) is 0 Å². The normalized spacial score (nSPS) is 26.1. The summed E-state index contributed by atoms with van der Waals surface area (Å²) in [7, 11) is 0. The van der Waals surface area contributed by atoms with E-state index >= 15 is 0 Å². The number of ether oxygens (including phenoxy) is 2. The average molecular weight is 276 g/mol. The highest BCUT2D eigenvalue weighted by atomic mass is 16.6. The van der Waals surface area contributed by atoms with Gasteiger partial charge < -0.3 is 9.47 Å². The molecule has 0 radical (unpaired) electrons. The molecule has 2 aliphatic rings. The molecule has 20 heavy (non-hydrogen) atoms. The second-order valence-corrected chi connectivity index (χ2v) is 5.91. The molecule has 0 N–H and O–H groups in total. The zero-order valence-corrected chi connectivity index (χ0v) is 12.3. The standard InChI is InChI=1S/C16H24N2O2/c1-2-19-15-10-16(20-13-15)5-8-18(9-6-16)12-14-4-3-7-17-11-14/h3-4,7,11,15H,2,5-6,8-10,12-13H2,1H3/t15-/m1/s1. The average Bonchev–Trinajstić information content (AvgIpc) is 2.86. The fraction of sp³-hybridized carbons (Fsp3) is 0.688. The molecule has 1 aromatic rings. The van der Waals surface area contributed by atoms with Crippen LogP contribution in [0.25, 0.3) is 0 Å². The summed E-state index contributed by atoms with van der Waals surface area (Å²) >= 11 is 0. The van der Waals surface area contributed by atoms with E-state index in [-0.39, 0.29) is 5.60 Å². The number of hydrogen-bond acceptors (Lipinski definition) is 4. The summed E-state index contributed by atoms with van der Waals surface area (Å²) < 4.78 is 11.8. The minimum absolute atomic E-state index is 0.0886. The van der Waals surface area contributed by atoms with E-state index in [0.717, 1.165) is 52.1 Å².